The van der Waals surface area contributed by atoms with Crippen LogP contribution in [0.2, 0.25) is 0 Å². The summed E-state index contributed by atoms with van der Waals surface area (Å²) in [6, 6.07) is 0. The summed E-state index contributed by atoms with van der Waals surface area (Å²) in [4.78, 5) is 0. The maximum atomic E-state index is 0. The fourth-order valence-corrected chi connectivity index (χ4v) is 0. The standard InChI is InChI=1S/3Fe.2P/q3*+2;2*-3. The molecule has 0 atom stereocenters. The van der Waals surface area contributed by atoms with E-state index in [1.54, 1.807) is 0 Å². The fourth-order valence-electron chi connectivity index (χ4n) is 0. The molecule has 0 nitrogen and oxygen atoms in total. The zero-order chi connectivity index (χ0) is 0. The van der Waals surface area contributed by atoms with Crippen LogP contribution in [0.25, 0.3) is 0 Å². The maximum absolute atomic E-state index is 0. The van der Waals surface area contributed by atoms with Crippen LogP contribution < -0.4 is 0 Å². The summed E-state index contributed by atoms with van der Waals surface area (Å²) in [5, 5.41) is 0. The van der Waals surface area contributed by atoms with Gasteiger partial charge in [0.05, 0.1) is 0 Å². The number of rotatable bonds is 0. The van der Waals surface area contributed by atoms with Crippen molar-refractivity contribution in [3.05, 3.63) is 0 Å². The maximum Gasteiger partial charge on any atom is 2.00 e. The minimum absolute atomic E-state index is 0. The van der Waals surface area contributed by atoms with E-state index in [4.69, 9.17) is 0 Å². The molecule has 0 heterocycles. The second kappa shape index (κ2) is 32.2. The fraction of sp³-hybridized carbons (Fsp3) is 0. The first-order valence-corrected chi connectivity index (χ1v) is 0. The van der Waals surface area contributed by atoms with Crippen molar-refractivity contribution in [2.24, 2.45) is 0 Å². The molecule has 0 saturated heterocycles. The van der Waals surface area contributed by atoms with Crippen molar-refractivity contribution in [1.29, 1.82) is 0 Å². The van der Waals surface area contributed by atoms with Crippen molar-refractivity contribution in [2.75, 3.05) is 0 Å². The quantitative estimate of drug-likeness (QED) is 0.438. The van der Waals surface area contributed by atoms with Gasteiger partial charge in [-0.1, -0.05) is 0 Å². The SMILES string of the molecule is [Fe+2].[Fe+2].[Fe+2].[P-3].[P-3]. The summed E-state index contributed by atoms with van der Waals surface area (Å²) in [6.07, 6.45) is 0. The molecule has 0 bridgehead atoms. The van der Waals surface area contributed by atoms with E-state index in [1.165, 1.54) is 0 Å². The van der Waals surface area contributed by atoms with Crippen molar-refractivity contribution in [2.45, 2.75) is 0 Å². The zero-order valence-corrected chi connectivity index (χ0v) is 7.06. The summed E-state index contributed by atoms with van der Waals surface area (Å²) in [5.74, 6) is 0. The van der Waals surface area contributed by atoms with Gasteiger partial charge in [-0.2, -0.15) is 0 Å². The molecule has 0 spiro atoms. The van der Waals surface area contributed by atoms with Crippen molar-refractivity contribution >= 4 is 19.8 Å². The molecule has 0 aromatic rings. The molecular formula is Fe3P2. The Morgan fingerprint density at radius 2 is 0.400 bits per heavy atom. The summed E-state index contributed by atoms with van der Waals surface area (Å²) >= 11 is 0. The third-order valence-electron chi connectivity index (χ3n) is 0. The van der Waals surface area contributed by atoms with E-state index >= 15 is 0 Å². The van der Waals surface area contributed by atoms with E-state index in [9.17, 15) is 0 Å². The minimum Gasteiger partial charge on any atom is -3.00 e. The van der Waals surface area contributed by atoms with Crippen LogP contribution in [0.4, 0.5) is 0 Å². The van der Waals surface area contributed by atoms with Crippen molar-refractivity contribution < 1.29 is 51.2 Å². The van der Waals surface area contributed by atoms with Gasteiger partial charge in [-0.05, 0) is 0 Å². The molecule has 0 saturated carbocycles. The number of hydrogen-bond donors (Lipinski definition) is 0. The van der Waals surface area contributed by atoms with Crippen molar-refractivity contribution in [3.8, 4) is 0 Å². The largest absolute Gasteiger partial charge is 3.00 e. The Morgan fingerprint density at radius 3 is 0.400 bits per heavy atom. The minimum atomic E-state index is 0. The molecule has 0 aromatic carbocycles. The molecule has 34 valence electrons. The van der Waals surface area contributed by atoms with Gasteiger partial charge in [0, 0.05) is 0 Å². The van der Waals surface area contributed by atoms with Gasteiger partial charge in [0.1, 0.15) is 0 Å². The van der Waals surface area contributed by atoms with Crippen LogP contribution in [0, 0.1) is 0 Å². The van der Waals surface area contributed by atoms with E-state index in [-0.39, 0.29) is 71.0 Å². The van der Waals surface area contributed by atoms with E-state index in [0.717, 1.165) is 0 Å². The molecule has 0 aromatic heterocycles. The third kappa shape index (κ3) is 21.4. The molecule has 5 heavy (non-hydrogen) atoms. The molecule has 5 heteroatoms. The summed E-state index contributed by atoms with van der Waals surface area (Å²) in [5.41, 5.74) is 0. The van der Waals surface area contributed by atoms with Crippen LogP contribution >= 0.6 is 19.8 Å². The Morgan fingerprint density at radius 1 is 0.400 bits per heavy atom. The third-order valence-corrected chi connectivity index (χ3v) is 0. The van der Waals surface area contributed by atoms with Crippen LogP contribution in [-0.4, -0.2) is 0 Å². The van der Waals surface area contributed by atoms with Gasteiger partial charge in [-0.25, -0.2) is 0 Å². The monoisotopic (exact) mass is 230 g/mol. The van der Waals surface area contributed by atoms with E-state index < -0.39 is 0 Å². The Labute approximate surface area is 70.7 Å². The van der Waals surface area contributed by atoms with E-state index in [1.807, 2.05) is 0 Å². The van der Waals surface area contributed by atoms with Gasteiger partial charge in [0.15, 0.2) is 0 Å². The van der Waals surface area contributed by atoms with Crippen LogP contribution in [0.1, 0.15) is 0 Å². The van der Waals surface area contributed by atoms with Gasteiger partial charge in [-0.3, -0.25) is 0 Å². The van der Waals surface area contributed by atoms with Crippen molar-refractivity contribution in [3.63, 3.8) is 0 Å². The first kappa shape index (κ1) is 52.3. The average molecular weight is 229 g/mol. The second-order valence-electron chi connectivity index (χ2n) is 0. The molecule has 0 radical (unpaired) electrons. The zero-order valence-electron chi connectivity index (χ0n) is 1.96. The average Bonchev–Trinajstić information content (AvgIpc) is 0. The van der Waals surface area contributed by atoms with Crippen LogP contribution in [0.5, 0.6) is 0 Å². The molecular weight excluding hydrogens is 229 g/mol. The molecule has 0 aliphatic heterocycles. The van der Waals surface area contributed by atoms with Crippen LogP contribution in [0.15, 0.2) is 0 Å². The predicted octanol–water partition coefficient (Wildman–Crippen LogP) is 1.71. The van der Waals surface area contributed by atoms with Gasteiger partial charge in [0.2, 0.25) is 0 Å². The molecule has 0 amide bonds. The first-order valence-electron chi connectivity index (χ1n) is 0. The molecule has 0 aliphatic rings. The molecule has 0 fully saturated rings. The van der Waals surface area contributed by atoms with Gasteiger partial charge in [0.25, 0.3) is 0 Å². The smallest absolute Gasteiger partial charge is 2.00 e. The normalized spacial score (nSPS) is 0. The molecule has 0 unspecified atom stereocenters. The summed E-state index contributed by atoms with van der Waals surface area (Å²) in [6.45, 7) is 0. The first-order chi connectivity index (χ1) is 0. The molecule has 0 N–H and O–H groups in total. The van der Waals surface area contributed by atoms with Crippen molar-refractivity contribution in [1.82, 2.24) is 0 Å². The van der Waals surface area contributed by atoms with Gasteiger partial charge in [-0.15, -0.1) is 0 Å². The summed E-state index contributed by atoms with van der Waals surface area (Å²) in [7, 11) is 0. The van der Waals surface area contributed by atoms with Crippen LogP contribution in [-0.2, 0) is 51.2 Å². The number of hydrogen-bond acceptors (Lipinski definition) is 0. The Balaban J connectivity index is 0. The Bertz CT molecular complexity index is 4.85. The van der Waals surface area contributed by atoms with E-state index in [0.29, 0.717) is 0 Å². The van der Waals surface area contributed by atoms with Gasteiger partial charge >= 0.3 is 51.2 Å². The van der Waals surface area contributed by atoms with Crippen LogP contribution in [0.3, 0.4) is 0 Å². The predicted molar refractivity (Wildman–Crippen MR) is 13.8 cm³/mol. The summed E-state index contributed by atoms with van der Waals surface area (Å²) < 4.78 is 0. The van der Waals surface area contributed by atoms with E-state index in [2.05, 4.69) is 0 Å². The molecule has 0 aliphatic carbocycles. The second-order valence-corrected chi connectivity index (χ2v) is 0. The topological polar surface area (TPSA) is 0 Å². The Kier molecular flexibility index (Phi) is 337. The molecule has 0 rings (SSSR count). The van der Waals surface area contributed by atoms with Gasteiger partial charge < -0.3 is 19.8 Å². The Hall–Kier alpha value is 2.42.